The van der Waals surface area contributed by atoms with Gasteiger partial charge in [-0.3, -0.25) is 0 Å². The molecule has 0 saturated heterocycles. The summed E-state index contributed by atoms with van der Waals surface area (Å²) in [5.41, 5.74) is 9.30. The van der Waals surface area contributed by atoms with E-state index in [1.165, 1.54) is 16.0 Å². The zero-order valence-electron chi connectivity index (χ0n) is 11.3. The van der Waals surface area contributed by atoms with Crippen LogP contribution in [-0.4, -0.2) is 0 Å². The lowest BCUT2D eigenvalue weighted by Crippen LogP contribution is -2.01. The fourth-order valence-electron chi connectivity index (χ4n) is 2.00. The van der Waals surface area contributed by atoms with Crippen LogP contribution in [0.5, 0.6) is 5.75 Å². The first-order valence-corrected chi connectivity index (χ1v) is 8.20. The molecule has 0 saturated carbocycles. The predicted octanol–water partition coefficient (Wildman–Crippen LogP) is 4.94. The van der Waals surface area contributed by atoms with Crippen LogP contribution in [0.4, 0.5) is 0 Å². The van der Waals surface area contributed by atoms with Crippen LogP contribution in [0.1, 0.15) is 10.4 Å². The van der Waals surface area contributed by atoms with Gasteiger partial charge in [0.15, 0.2) is 0 Å². The third-order valence-electron chi connectivity index (χ3n) is 3.07. The Bertz CT molecular complexity index is 679. The fraction of sp³-hybridized carbons (Fsp3) is 0.125. The molecule has 3 rings (SSSR count). The van der Waals surface area contributed by atoms with Crippen molar-refractivity contribution in [1.82, 2.24) is 0 Å². The van der Waals surface area contributed by atoms with Crippen LogP contribution >= 0.6 is 35.1 Å². The van der Waals surface area contributed by atoms with Crippen LogP contribution < -0.4 is 10.5 Å². The van der Waals surface area contributed by atoms with Gasteiger partial charge in [-0.25, -0.2) is 0 Å². The van der Waals surface area contributed by atoms with E-state index >= 15 is 0 Å². The molecule has 0 unspecified atom stereocenters. The minimum atomic E-state index is 0. The maximum Gasteiger partial charge on any atom is 0.124 e. The van der Waals surface area contributed by atoms with Gasteiger partial charge in [-0.15, -0.1) is 23.7 Å². The average Bonchev–Trinajstić information content (AvgIpc) is 3.16. The molecule has 0 aliphatic rings. The molecule has 0 aliphatic heterocycles. The van der Waals surface area contributed by atoms with Crippen molar-refractivity contribution in [2.45, 2.75) is 13.2 Å². The molecule has 0 spiro atoms. The van der Waals surface area contributed by atoms with Gasteiger partial charge >= 0.3 is 0 Å². The third kappa shape index (κ3) is 3.86. The van der Waals surface area contributed by atoms with Crippen molar-refractivity contribution in [3.63, 3.8) is 0 Å². The highest BCUT2D eigenvalue weighted by molar-refractivity contribution is 7.10. The molecule has 2 heterocycles. The van der Waals surface area contributed by atoms with Gasteiger partial charge in [0.25, 0.3) is 0 Å². The molecule has 1 aromatic carbocycles. The Balaban J connectivity index is 0.00000161. The van der Waals surface area contributed by atoms with Crippen LogP contribution in [0.2, 0.25) is 0 Å². The third-order valence-corrected chi connectivity index (χ3v) is 4.66. The van der Waals surface area contributed by atoms with Gasteiger partial charge in [0.2, 0.25) is 0 Å². The van der Waals surface area contributed by atoms with E-state index in [9.17, 15) is 0 Å². The van der Waals surface area contributed by atoms with Crippen LogP contribution in [0.15, 0.2) is 52.5 Å². The lowest BCUT2D eigenvalue weighted by Gasteiger charge is -2.08. The second-order valence-corrected chi connectivity index (χ2v) is 6.19. The van der Waals surface area contributed by atoms with Crippen LogP contribution in [0, 0.1) is 0 Å². The molecule has 5 heteroatoms. The second kappa shape index (κ2) is 7.61. The molecule has 110 valence electrons. The number of hydrogen-bond donors (Lipinski definition) is 1. The molecule has 0 aliphatic carbocycles. The highest BCUT2D eigenvalue weighted by atomic mass is 35.5. The van der Waals surface area contributed by atoms with Gasteiger partial charge in [-0.2, -0.15) is 11.3 Å². The van der Waals surface area contributed by atoms with E-state index in [0.29, 0.717) is 13.2 Å². The fourth-order valence-corrected chi connectivity index (χ4v) is 3.47. The smallest absolute Gasteiger partial charge is 0.124 e. The molecule has 0 fully saturated rings. The number of para-hydroxylation sites is 1. The summed E-state index contributed by atoms with van der Waals surface area (Å²) in [6.07, 6.45) is 0. The number of thiophene rings is 2. The van der Waals surface area contributed by atoms with Gasteiger partial charge in [0, 0.05) is 17.0 Å². The lowest BCUT2D eigenvalue weighted by atomic mass is 10.2. The Morgan fingerprint density at radius 3 is 2.67 bits per heavy atom. The monoisotopic (exact) mass is 337 g/mol. The second-order valence-electron chi connectivity index (χ2n) is 4.41. The standard InChI is InChI=1S/C16H15NOS2.ClH/c17-8-12-3-1-2-4-16(12)18-9-15-7-14(11-20-15)13-5-6-19-10-13;/h1-7,10-11H,8-9,17H2;1H. The molecule has 2 nitrogen and oxygen atoms in total. The minimum Gasteiger partial charge on any atom is -0.488 e. The Hall–Kier alpha value is -1.33. The number of hydrogen-bond acceptors (Lipinski definition) is 4. The Kier molecular flexibility index (Phi) is 5.82. The van der Waals surface area contributed by atoms with Crippen molar-refractivity contribution in [2.75, 3.05) is 0 Å². The van der Waals surface area contributed by atoms with Gasteiger partial charge in [-0.1, -0.05) is 18.2 Å². The zero-order valence-corrected chi connectivity index (χ0v) is 13.8. The number of ether oxygens (including phenoxy) is 1. The molecule has 3 aromatic rings. The van der Waals surface area contributed by atoms with E-state index in [0.717, 1.165) is 11.3 Å². The van der Waals surface area contributed by atoms with E-state index in [2.05, 4.69) is 28.3 Å². The molecule has 2 N–H and O–H groups in total. The molecule has 21 heavy (non-hydrogen) atoms. The lowest BCUT2D eigenvalue weighted by molar-refractivity contribution is 0.306. The summed E-state index contributed by atoms with van der Waals surface area (Å²) in [5.74, 6) is 0.875. The van der Waals surface area contributed by atoms with Crippen molar-refractivity contribution < 1.29 is 4.74 Å². The van der Waals surface area contributed by atoms with Gasteiger partial charge in [0.1, 0.15) is 12.4 Å². The van der Waals surface area contributed by atoms with Gasteiger partial charge < -0.3 is 10.5 Å². The summed E-state index contributed by atoms with van der Waals surface area (Å²) in [6, 6.07) is 12.3. The molecular weight excluding hydrogens is 322 g/mol. The van der Waals surface area contributed by atoms with Crippen LogP contribution in [0.25, 0.3) is 11.1 Å². The maximum atomic E-state index is 5.88. The summed E-state index contributed by atoms with van der Waals surface area (Å²) < 4.78 is 5.88. The van der Waals surface area contributed by atoms with Crippen molar-refractivity contribution >= 4 is 35.1 Å². The van der Waals surface area contributed by atoms with Crippen molar-refractivity contribution in [3.05, 3.63) is 63.0 Å². The van der Waals surface area contributed by atoms with Crippen molar-refractivity contribution in [1.29, 1.82) is 0 Å². The summed E-state index contributed by atoms with van der Waals surface area (Å²) in [4.78, 5) is 1.22. The first-order chi connectivity index (χ1) is 9.86. The van der Waals surface area contributed by atoms with E-state index in [1.54, 1.807) is 22.7 Å². The predicted molar refractivity (Wildman–Crippen MR) is 93.5 cm³/mol. The number of benzene rings is 1. The quantitative estimate of drug-likeness (QED) is 0.716. The van der Waals surface area contributed by atoms with Crippen LogP contribution in [0.3, 0.4) is 0 Å². The largest absolute Gasteiger partial charge is 0.488 e. The number of halogens is 1. The van der Waals surface area contributed by atoms with Crippen molar-refractivity contribution in [3.8, 4) is 16.9 Å². The number of rotatable bonds is 5. The minimum absolute atomic E-state index is 0. The Morgan fingerprint density at radius 1 is 1.05 bits per heavy atom. The summed E-state index contributed by atoms with van der Waals surface area (Å²) >= 11 is 3.45. The molecule has 0 atom stereocenters. The molecule has 2 aromatic heterocycles. The molecule has 0 radical (unpaired) electrons. The average molecular weight is 338 g/mol. The SMILES string of the molecule is Cl.NCc1ccccc1OCc1cc(-c2ccsc2)cs1. The van der Waals surface area contributed by atoms with Gasteiger partial charge in [-0.05, 0) is 45.5 Å². The Morgan fingerprint density at radius 2 is 1.90 bits per heavy atom. The molecule has 0 bridgehead atoms. The summed E-state index contributed by atoms with van der Waals surface area (Å²) in [5, 5.41) is 6.44. The first kappa shape index (κ1) is 16.0. The highest BCUT2D eigenvalue weighted by Crippen LogP contribution is 2.28. The molecule has 0 amide bonds. The summed E-state index contributed by atoms with van der Waals surface area (Å²) in [7, 11) is 0. The van der Waals surface area contributed by atoms with E-state index in [1.807, 2.05) is 24.3 Å². The van der Waals surface area contributed by atoms with Crippen molar-refractivity contribution in [2.24, 2.45) is 5.73 Å². The first-order valence-electron chi connectivity index (χ1n) is 6.37. The number of nitrogens with two attached hydrogens (primary N) is 1. The van der Waals surface area contributed by atoms with Crippen LogP contribution in [-0.2, 0) is 13.2 Å². The maximum absolute atomic E-state index is 5.88. The zero-order chi connectivity index (χ0) is 13.8. The highest BCUT2D eigenvalue weighted by Gasteiger charge is 2.05. The normalized spacial score (nSPS) is 10.1. The molecular formula is C16H16ClNOS2. The van der Waals surface area contributed by atoms with E-state index in [-0.39, 0.29) is 12.4 Å². The van der Waals surface area contributed by atoms with Gasteiger partial charge in [0.05, 0.1) is 0 Å². The van der Waals surface area contributed by atoms with E-state index < -0.39 is 0 Å². The summed E-state index contributed by atoms with van der Waals surface area (Å²) in [6.45, 7) is 1.09. The van der Waals surface area contributed by atoms with E-state index in [4.69, 9.17) is 10.5 Å². The Labute approximate surface area is 138 Å². The topological polar surface area (TPSA) is 35.2 Å².